The molecular formula is C26H22FN3O4. The van der Waals surface area contributed by atoms with Gasteiger partial charge in [-0.3, -0.25) is 9.59 Å². The molecule has 0 aliphatic rings. The van der Waals surface area contributed by atoms with Crippen LogP contribution in [0.2, 0.25) is 0 Å². The highest BCUT2D eigenvalue weighted by molar-refractivity contribution is 6.09. The molecule has 0 fully saturated rings. The van der Waals surface area contributed by atoms with Crippen LogP contribution in [0.15, 0.2) is 72.3 Å². The Labute approximate surface area is 196 Å². The van der Waals surface area contributed by atoms with Crippen molar-refractivity contribution in [2.24, 2.45) is 0 Å². The second-order valence-electron chi connectivity index (χ2n) is 7.25. The quantitative estimate of drug-likeness (QED) is 0.376. The Morgan fingerprint density at radius 2 is 1.76 bits per heavy atom. The Bertz CT molecular complexity index is 1260. The molecule has 0 aliphatic carbocycles. The zero-order chi connectivity index (χ0) is 24.5. The SMILES string of the molecule is COc1cc(C=C(C#N)C(=O)Nc2cccc(C)c2)ccc1OCC(=O)Nc1ccc(F)cc1. The molecule has 0 aliphatic heterocycles. The maximum absolute atomic E-state index is 13.0. The number of amides is 2. The smallest absolute Gasteiger partial charge is 0.266 e. The number of benzene rings is 3. The van der Waals surface area contributed by atoms with E-state index in [4.69, 9.17) is 9.47 Å². The van der Waals surface area contributed by atoms with Crippen LogP contribution in [0.3, 0.4) is 0 Å². The molecule has 3 rings (SSSR count). The minimum Gasteiger partial charge on any atom is -0.493 e. The monoisotopic (exact) mass is 459 g/mol. The van der Waals surface area contributed by atoms with Crippen LogP contribution in [-0.2, 0) is 9.59 Å². The predicted octanol–water partition coefficient (Wildman–Crippen LogP) is 4.71. The molecule has 3 aromatic carbocycles. The highest BCUT2D eigenvalue weighted by Gasteiger charge is 2.12. The summed E-state index contributed by atoms with van der Waals surface area (Å²) >= 11 is 0. The predicted molar refractivity (Wildman–Crippen MR) is 127 cm³/mol. The topological polar surface area (TPSA) is 100 Å². The van der Waals surface area contributed by atoms with E-state index < -0.39 is 17.6 Å². The summed E-state index contributed by atoms with van der Waals surface area (Å²) in [7, 11) is 1.43. The molecule has 7 nitrogen and oxygen atoms in total. The highest BCUT2D eigenvalue weighted by Crippen LogP contribution is 2.29. The third-order valence-electron chi connectivity index (χ3n) is 4.63. The van der Waals surface area contributed by atoms with Crippen LogP contribution >= 0.6 is 0 Å². The highest BCUT2D eigenvalue weighted by atomic mass is 19.1. The number of hydrogen-bond acceptors (Lipinski definition) is 5. The summed E-state index contributed by atoms with van der Waals surface area (Å²) < 4.78 is 23.8. The molecule has 3 aromatic rings. The van der Waals surface area contributed by atoms with Gasteiger partial charge in [0.25, 0.3) is 11.8 Å². The normalized spacial score (nSPS) is 10.7. The summed E-state index contributed by atoms with van der Waals surface area (Å²) in [5.41, 5.74) is 2.46. The van der Waals surface area contributed by atoms with Gasteiger partial charge in [-0.2, -0.15) is 5.26 Å². The Morgan fingerprint density at radius 3 is 2.44 bits per heavy atom. The molecular weight excluding hydrogens is 437 g/mol. The van der Waals surface area contributed by atoms with E-state index >= 15 is 0 Å². The zero-order valence-electron chi connectivity index (χ0n) is 18.6. The van der Waals surface area contributed by atoms with E-state index in [0.29, 0.717) is 28.4 Å². The van der Waals surface area contributed by atoms with E-state index in [0.717, 1.165) is 5.56 Å². The van der Waals surface area contributed by atoms with E-state index in [1.165, 1.54) is 37.5 Å². The first-order valence-corrected chi connectivity index (χ1v) is 10.2. The van der Waals surface area contributed by atoms with E-state index in [9.17, 15) is 19.2 Å². The van der Waals surface area contributed by atoms with Gasteiger partial charge in [0.2, 0.25) is 0 Å². The van der Waals surface area contributed by atoms with Crippen molar-refractivity contribution < 1.29 is 23.5 Å². The molecule has 0 atom stereocenters. The van der Waals surface area contributed by atoms with Crippen LogP contribution in [0.25, 0.3) is 6.08 Å². The lowest BCUT2D eigenvalue weighted by Crippen LogP contribution is -2.20. The summed E-state index contributed by atoms with van der Waals surface area (Å²) in [6, 6.07) is 19.3. The van der Waals surface area contributed by atoms with Crippen LogP contribution in [0, 0.1) is 24.1 Å². The summed E-state index contributed by atoms with van der Waals surface area (Å²) in [6.45, 7) is 1.60. The first-order chi connectivity index (χ1) is 16.4. The number of anilines is 2. The van der Waals surface area contributed by atoms with E-state index in [1.54, 1.807) is 30.3 Å². The number of ether oxygens (including phenoxy) is 2. The summed E-state index contributed by atoms with van der Waals surface area (Å²) in [5.74, 6) is -0.751. The van der Waals surface area contributed by atoms with E-state index in [2.05, 4.69) is 10.6 Å². The molecule has 0 heterocycles. The Hall–Kier alpha value is -4.64. The van der Waals surface area contributed by atoms with Crippen LogP contribution in [0.4, 0.5) is 15.8 Å². The minimum atomic E-state index is -0.537. The van der Waals surface area contributed by atoms with Crippen molar-refractivity contribution in [2.45, 2.75) is 6.92 Å². The standard InChI is InChI=1S/C26H22FN3O4/c1-17-4-3-5-22(12-17)30-26(32)19(15-28)13-18-6-11-23(24(14-18)33-2)34-16-25(31)29-21-9-7-20(27)8-10-21/h3-14H,16H2,1-2H3,(H,29,31)(H,30,32). The Kier molecular flexibility index (Phi) is 7.97. The minimum absolute atomic E-state index is 0.0871. The molecule has 34 heavy (non-hydrogen) atoms. The van der Waals surface area contributed by atoms with Gasteiger partial charge < -0.3 is 20.1 Å². The number of methoxy groups -OCH3 is 1. The second-order valence-corrected chi connectivity index (χ2v) is 7.25. The van der Waals surface area contributed by atoms with Crippen LogP contribution in [-0.4, -0.2) is 25.5 Å². The number of nitrogens with zero attached hydrogens (tertiary/aromatic N) is 1. The number of halogens is 1. The van der Waals surface area contributed by atoms with Crippen molar-refractivity contribution in [3.63, 3.8) is 0 Å². The zero-order valence-corrected chi connectivity index (χ0v) is 18.6. The van der Waals surface area contributed by atoms with Crippen molar-refractivity contribution in [1.29, 1.82) is 5.26 Å². The number of carbonyl (C=O) groups is 2. The number of rotatable bonds is 8. The molecule has 0 spiro atoms. The fourth-order valence-corrected chi connectivity index (χ4v) is 3.00. The number of aryl methyl sites for hydroxylation is 1. The molecule has 0 aromatic heterocycles. The molecule has 0 saturated heterocycles. The third-order valence-corrected chi connectivity index (χ3v) is 4.63. The summed E-state index contributed by atoms with van der Waals surface area (Å²) in [5, 5.41) is 14.7. The van der Waals surface area contributed by atoms with Gasteiger partial charge in [0.1, 0.15) is 17.5 Å². The van der Waals surface area contributed by atoms with Crippen molar-refractivity contribution in [2.75, 3.05) is 24.4 Å². The molecule has 2 N–H and O–H groups in total. The van der Waals surface area contributed by atoms with Gasteiger partial charge in [-0.05, 0) is 72.7 Å². The van der Waals surface area contributed by atoms with Crippen LogP contribution in [0.1, 0.15) is 11.1 Å². The lowest BCUT2D eigenvalue weighted by Gasteiger charge is -2.12. The van der Waals surface area contributed by atoms with Gasteiger partial charge in [0.15, 0.2) is 18.1 Å². The van der Waals surface area contributed by atoms with Gasteiger partial charge in [-0.1, -0.05) is 18.2 Å². The van der Waals surface area contributed by atoms with Crippen molar-refractivity contribution in [3.8, 4) is 17.6 Å². The molecule has 172 valence electrons. The van der Waals surface area contributed by atoms with Gasteiger partial charge in [0, 0.05) is 11.4 Å². The first-order valence-electron chi connectivity index (χ1n) is 10.2. The average molecular weight is 459 g/mol. The molecule has 8 heteroatoms. The number of carbonyl (C=O) groups excluding carboxylic acids is 2. The Morgan fingerprint density at radius 1 is 1.00 bits per heavy atom. The fourth-order valence-electron chi connectivity index (χ4n) is 3.00. The van der Waals surface area contributed by atoms with Crippen molar-refractivity contribution in [3.05, 3.63) is 89.2 Å². The fraction of sp³-hybridized carbons (Fsp3) is 0.115. The number of hydrogen-bond donors (Lipinski definition) is 2. The van der Waals surface area contributed by atoms with Gasteiger partial charge in [-0.15, -0.1) is 0 Å². The van der Waals surface area contributed by atoms with Gasteiger partial charge in [0.05, 0.1) is 7.11 Å². The van der Waals surface area contributed by atoms with Gasteiger partial charge >= 0.3 is 0 Å². The van der Waals surface area contributed by atoms with Crippen molar-refractivity contribution >= 4 is 29.3 Å². The average Bonchev–Trinajstić information content (AvgIpc) is 2.82. The van der Waals surface area contributed by atoms with Gasteiger partial charge in [-0.25, -0.2) is 4.39 Å². The first kappa shape index (κ1) is 24.0. The molecule has 0 unspecified atom stereocenters. The molecule has 0 saturated carbocycles. The maximum Gasteiger partial charge on any atom is 0.266 e. The lowest BCUT2D eigenvalue weighted by molar-refractivity contribution is -0.118. The van der Waals surface area contributed by atoms with Crippen molar-refractivity contribution in [1.82, 2.24) is 0 Å². The number of nitriles is 1. The lowest BCUT2D eigenvalue weighted by atomic mass is 10.1. The molecule has 0 bridgehead atoms. The van der Waals surface area contributed by atoms with Crippen LogP contribution in [0.5, 0.6) is 11.5 Å². The number of nitrogens with one attached hydrogen (secondary N) is 2. The maximum atomic E-state index is 13.0. The summed E-state index contributed by atoms with van der Waals surface area (Å²) in [6.07, 6.45) is 1.43. The molecule has 0 radical (unpaired) electrons. The second kappa shape index (κ2) is 11.3. The third kappa shape index (κ3) is 6.68. The van der Waals surface area contributed by atoms with E-state index in [1.807, 2.05) is 25.1 Å². The van der Waals surface area contributed by atoms with E-state index in [-0.39, 0.29) is 12.2 Å². The summed E-state index contributed by atoms with van der Waals surface area (Å²) in [4.78, 5) is 24.6. The van der Waals surface area contributed by atoms with Crippen LogP contribution < -0.4 is 20.1 Å². The molecule has 2 amide bonds. The Balaban J connectivity index is 1.67. The largest absolute Gasteiger partial charge is 0.493 e.